The fraction of sp³-hybridized carbons (Fsp3) is 0.238. The summed E-state index contributed by atoms with van der Waals surface area (Å²) in [5, 5.41) is 4.26. The number of nitrogens with two attached hydrogens (primary N) is 1. The van der Waals surface area contributed by atoms with E-state index in [-0.39, 0.29) is 11.9 Å². The van der Waals surface area contributed by atoms with Crippen molar-refractivity contribution in [2.24, 2.45) is 5.73 Å². The number of hydrogen-bond acceptors (Lipinski definition) is 3. The van der Waals surface area contributed by atoms with Crippen molar-refractivity contribution < 1.29 is 4.79 Å². The lowest BCUT2D eigenvalue weighted by atomic mass is 9.93. The van der Waals surface area contributed by atoms with Crippen LogP contribution in [0.5, 0.6) is 0 Å². The lowest BCUT2D eigenvalue weighted by Gasteiger charge is -2.35. The van der Waals surface area contributed by atoms with Crippen molar-refractivity contribution >= 4 is 5.91 Å². The molecule has 2 heterocycles. The summed E-state index contributed by atoms with van der Waals surface area (Å²) in [5.74, 6) is -0.257. The minimum absolute atomic E-state index is 0.257. The molecule has 0 spiro atoms. The monoisotopic (exact) mass is 346 g/mol. The molecule has 1 aromatic heterocycles. The summed E-state index contributed by atoms with van der Waals surface area (Å²) in [4.78, 5) is 14.2. The number of aromatic nitrogens is 2. The molecule has 0 aliphatic carbocycles. The molecule has 2 aromatic carbocycles. The Morgan fingerprint density at radius 1 is 1.04 bits per heavy atom. The molecule has 1 atom stereocenters. The molecule has 5 heteroatoms. The topological polar surface area (TPSA) is 64.2 Å². The zero-order valence-electron chi connectivity index (χ0n) is 14.6. The van der Waals surface area contributed by atoms with Crippen LogP contribution in [0.3, 0.4) is 0 Å². The van der Waals surface area contributed by atoms with Crippen molar-refractivity contribution in [3.63, 3.8) is 0 Å². The van der Waals surface area contributed by atoms with Crippen molar-refractivity contribution in [1.29, 1.82) is 0 Å². The highest BCUT2D eigenvalue weighted by atomic mass is 16.1. The van der Waals surface area contributed by atoms with E-state index in [1.165, 1.54) is 22.3 Å². The van der Waals surface area contributed by atoms with Gasteiger partial charge in [-0.05, 0) is 34.7 Å². The third-order valence-electron chi connectivity index (χ3n) is 4.96. The first-order valence-corrected chi connectivity index (χ1v) is 8.84. The third kappa shape index (κ3) is 3.53. The lowest BCUT2D eigenvalue weighted by Crippen LogP contribution is -2.48. The van der Waals surface area contributed by atoms with Crippen LogP contribution in [-0.2, 0) is 30.8 Å². The predicted molar refractivity (Wildman–Crippen MR) is 100 cm³/mol. The Balaban J connectivity index is 1.54. The maximum absolute atomic E-state index is 12.0. The first kappa shape index (κ1) is 16.5. The SMILES string of the molecule is NC(=O)C1Cc2ccccc2CN1Cc1cccc(Cn2cccn2)c1. The second-order valence-corrected chi connectivity index (χ2v) is 6.82. The fourth-order valence-electron chi connectivity index (χ4n) is 3.67. The van der Waals surface area contributed by atoms with Crippen LogP contribution in [0.1, 0.15) is 22.3 Å². The predicted octanol–water partition coefficient (Wildman–Crippen LogP) is 2.34. The summed E-state index contributed by atoms with van der Waals surface area (Å²) in [5.41, 5.74) is 10.6. The first-order valence-electron chi connectivity index (χ1n) is 8.84. The molecular formula is C21H22N4O. The van der Waals surface area contributed by atoms with E-state index in [0.717, 1.165) is 13.1 Å². The van der Waals surface area contributed by atoms with Crippen LogP contribution in [-0.4, -0.2) is 26.6 Å². The molecule has 26 heavy (non-hydrogen) atoms. The molecule has 132 valence electrons. The molecule has 1 aliphatic rings. The molecule has 0 saturated carbocycles. The number of benzene rings is 2. The van der Waals surface area contributed by atoms with E-state index in [1.54, 1.807) is 6.20 Å². The van der Waals surface area contributed by atoms with Gasteiger partial charge in [0, 0.05) is 25.5 Å². The fourth-order valence-corrected chi connectivity index (χ4v) is 3.67. The van der Waals surface area contributed by atoms with Gasteiger partial charge in [0.1, 0.15) is 0 Å². The summed E-state index contributed by atoms with van der Waals surface area (Å²) in [6.07, 6.45) is 4.42. The third-order valence-corrected chi connectivity index (χ3v) is 4.96. The summed E-state index contributed by atoms with van der Waals surface area (Å²) >= 11 is 0. The van der Waals surface area contributed by atoms with Crippen LogP contribution in [0, 0.1) is 0 Å². The number of amides is 1. The van der Waals surface area contributed by atoms with Crippen LogP contribution in [0.15, 0.2) is 67.0 Å². The standard InChI is InChI=1S/C21H22N4O/c22-21(26)20-12-18-7-1-2-8-19(18)15-24(20)13-16-5-3-6-17(11-16)14-25-10-4-9-23-25/h1-11,20H,12-15H2,(H2,22,26). The molecule has 1 unspecified atom stereocenters. The Morgan fingerprint density at radius 3 is 2.54 bits per heavy atom. The van der Waals surface area contributed by atoms with Gasteiger partial charge in [0.15, 0.2) is 0 Å². The number of primary amides is 1. The average molecular weight is 346 g/mol. The molecule has 1 aliphatic heterocycles. The number of rotatable bonds is 5. The maximum Gasteiger partial charge on any atom is 0.235 e. The highest BCUT2D eigenvalue weighted by Crippen LogP contribution is 2.25. The van der Waals surface area contributed by atoms with Gasteiger partial charge in [-0.3, -0.25) is 14.4 Å². The van der Waals surface area contributed by atoms with Crippen molar-refractivity contribution in [1.82, 2.24) is 14.7 Å². The minimum atomic E-state index is -0.264. The summed E-state index contributed by atoms with van der Waals surface area (Å²) in [7, 11) is 0. The maximum atomic E-state index is 12.0. The number of fused-ring (bicyclic) bond motifs is 1. The Labute approximate surface area is 153 Å². The smallest absolute Gasteiger partial charge is 0.235 e. The van der Waals surface area contributed by atoms with Gasteiger partial charge in [-0.2, -0.15) is 5.10 Å². The molecule has 4 rings (SSSR count). The molecule has 2 N–H and O–H groups in total. The van der Waals surface area contributed by atoms with Crippen LogP contribution in [0.25, 0.3) is 0 Å². The van der Waals surface area contributed by atoms with Crippen LogP contribution in [0.2, 0.25) is 0 Å². The number of nitrogens with zero attached hydrogens (tertiary/aromatic N) is 3. The zero-order chi connectivity index (χ0) is 17.9. The van der Waals surface area contributed by atoms with Gasteiger partial charge in [0.25, 0.3) is 0 Å². The molecule has 3 aromatic rings. The Morgan fingerprint density at radius 2 is 1.81 bits per heavy atom. The minimum Gasteiger partial charge on any atom is -0.368 e. The van der Waals surface area contributed by atoms with Crippen LogP contribution >= 0.6 is 0 Å². The van der Waals surface area contributed by atoms with Gasteiger partial charge < -0.3 is 5.73 Å². The molecule has 0 radical (unpaired) electrons. The summed E-state index contributed by atoms with van der Waals surface area (Å²) in [6.45, 7) is 2.19. The quantitative estimate of drug-likeness (QED) is 0.771. The Kier molecular flexibility index (Phi) is 4.54. The summed E-state index contributed by atoms with van der Waals surface area (Å²) < 4.78 is 1.91. The number of carbonyl (C=O) groups is 1. The van der Waals surface area contributed by atoms with E-state index in [2.05, 4.69) is 46.4 Å². The highest BCUT2D eigenvalue weighted by Gasteiger charge is 2.29. The van der Waals surface area contributed by atoms with Gasteiger partial charge in [-0.25, -0.2) is 0 Å². The molecule has 0 fully saturated rings. The van der Waals surface area contributed by atoms with E-state index in [4.69, 9.17) is 5.73 Å². The van der Waals surface area contributed by atoms with Crippen LogP contribution in [0.4, 0.5) is 0 Å². The molecule has 5 nitrogen and oxygen atoms in total. The van der Waals surface area contributed by atoms with E-state index in [0.29, 0.717) is 13.0 Å². The molecule has 0 bridgehead atoms. The Hall–Kier alpha value is -2.92. The molecule has 0 saturated heterocycles. The van der Waals surface area contributed by atoms with Crippen molar-refractivity contribution in [2.45, 2.75) is 32.1 Å². The Bertz CT molecular complexity index is 904. The van der Waals surface area contributed by atoms with E-state index in [9.17, 15) is 4.79 Å². The van der Waals surface area contributed by atoms with Gasteiger partial charge in [-0.1, -0.05) is 48.5 Å². The summed E-state index contributed by atoms with van der Waals surface area (Å²) in [6, 6.07) is 18.4. The zero-order valence-corrected chi connectivity index (χ0v) is 14.6. The number of hydrogen-bond donors (Lipinski definition) is 1. The molecular weight excluding hydrogens is 324 g/mol. The first-order chi connectivity index (χ1) is 12.7. The second-order valence-electron chi connectivity index (χ2n) is 6.82. The second kappa shape index (κ2) is 7.14. The van der Waals surface area contributed by atoms with Crippen molar-refractivity contribution in [2.75, 3.05) is 0 Å². The van der Waals surface area contributed by atoms with Gasteiger partial charge >= 0.3 is 0 Å². The van der Waals surface area contributed by atoms with Gasteiger partial charge in [0.05, 0.1) is 12.6 Å². The van der Waals surface area contributed by atoms with Gasteiger partial charge in [-0.15, -0.1) is 0 Å². The normalized spacial score (nSPS) is 17.0. The average Bonchev–Trinajstić information content (AvgIpc) is 3.14. The van der Waals surface area contributed by atoms with Crippen molar-refractivity contribution in [3.8, 4) is 0 Å². The van der Waals surface area contributed by atoms with Crippen molar-refractivity contribution in [3.05, 3.63) is 89.2 Å². The van der Waals surface area contributed by atoms with E-state index >= 15 is 0 Å². The van der Waals surface area contributed by atoms with Crippen LogP contribution < -0.4 is 5.73 Å². The highest BCUT2D eigenvalue weighted by molar-refractivity contribution is 5.80. The van der Waals surface area contributed by atoms with E-state index < -0.39 is 0 Å². The number of carbonyl (C=O) groups excluding carboxylic acids is 1. The lowest BCUT2D eigenvalue weighted by molar-refractivity contribution is -0.124. The largest absolute Gasteiger partial charge is 0.368 e. The van der Waals surface area contributed by atoms with Gasteiger partial charge in [0.2, 0.25) is 5.91 Å². The van der Waals surface area contributed by atoms with E-state index in [1.807, 2.05) is 29.1 Å². The molecule has 1 amide bonds.